The largest absolute Gasteiger partial charge is 0.383 e. The van der Waals surface area contributed by atoms with Crippen LogP contribution < -0.4 is 5.32 Å². The molecule has 1 aromatic rings. The van der Waals surface area contributed by atoms with Gasteiger partial charge in [-0.05, 0) is 18.4 Å². The molecule has 0 spiro atoms. The molecule has 1 heterocycles. The summed E-state index contributed by atoms with van der Waals surface area (Å²) in [6, 6.07) is 10.1. The van der Waals surface area contributed by atoms with Crippen LogP contribution in [0.1, 0.15) is 24.4 Å². The van der Waals surface area contributed by atoms with Gasteiger partial charge in [-0.3, -0.25) is 0 Å². The molecule has 0 bridgehead atoms. The zero-order valence-corrected chi connectivity index (χ0v) is 12.0. The van der Waals surface area contributed by atoms with Crippen LogP contribution in [-0.4, -0.2) is 39.7 Å². The van der Waals surface area contributed by atoms with Crippen molar-refractivity contribution in [2.45, 2.75) is 24.9 Å². The molecule has 1 aliphatic rings. The monoisotopic (exact) mass is 283 g/mol. The first-order valence-electron chi connectivity index (χ1n) is 6.61. The van der Waals surface area contributed by atoms with E-state index in [1.54, 1.807) is 7.11 Å². The van der Waals surface area contributed by atoms with Crippen LogP contribution in [0.15, 0.2) is 30.3 Å². The highest BCUT2D eigenvalue weighted by molar-refractivity contribution is 7.91. The molecule has 1 N–H and O–H groups in total. The summed E-state index contributed by atoms with van der Waals surface area (Å²) in [4.78, 5) is 0. The van der Waals surface area contributed by atoms with E-state index < -0.39 is 9.84 Å². The van der Waals surface area contributed by atoms with E-state index in [1.807, 2.05) is 30.3 Å². The molecule has 1 aromatic carbocycles. The minimum absolute atomic E-state index is 0.0270. The fourth-order valence-corrected chi connectivity index (χ4v) is 4.18. The number of sulfone groups is 1. The van der Waals surface area contributed by atoms with Crippen molar-refractivity contribution < 1.29 is 13.2 Å². The smallest absolute Gasteiger partial charge is 0.151 e. The molecule has 0 aromatic heterocycles. The number of nitrogens with one attached hydrogen (secondary N) is 1. The van der Waals surface area contributed by atoms with E-state index in [9.17, 15) is 8.42 Å². The minimum Gasteiger partial charge on any atom is -0.383 e. The summed E-state index contributed by atoms with van der Waals surface area (Å²) in [7, 11) is -1.22. The Balaban J connectivity index is 2.05. The summed E-state index contributed by atoms with van der Waals surface area (Å²) in [5, 5.41) is 3.42. The third-order valence-corrected chi connectivity index (χ3v) is 5.26. The molecule has 4 nitrogen and oxygen atoms in total. The lowest BCUT2D eigenvalue weighted by Gasteiger charge is -2.28. The van der Waals surface area contributed by atoms with Crippen LogP contribution in [0.4, 0.5) is 0 Å². The van der Waals surface area contributed by atoms with Crippen LogP contribution in [0.2, 0.25) is 0 Å². The summed E-state index contributed by atoms with van der Waals surface area (Å²) < 4.78 is 28.6. The maximum Gasteiger partial charge on any atom is 0.151 e. The summed E-state index contributed by atoms with van der Waals surface area (Å²) in [5.74, 6) is 0.561. The fraction of sp³-hybridized carbons (Fsp3) is 0.571. The highest BCUT2D eigenvalue weighted by atomic mass is 32.2. The van der Waals surface area contributed by atoms with Crippen molar-refractivity contribution in [3.05, 3.63) is 35.9 Å². The highest BCUT2D eigenvalue weighted by Gasteiger charge is 2.26. The Kier molecular flexibility index (Phi) is 4.96. The predicted molar refractivity (Wildman–Crippen MR) is 75.9 cm³/mol. The average molecular weight is 283 g/mol. The van der Waals surface area contributed by atoms with Gasteiger partial charge in [0.1, 0.15) is 0 Å². The van der Waals surface area contributed by atoms with E-state index in [2.05, 4.69) is 5.32 Å². The van der Waals surface area contributed by atoms with E-state index in [1.165, 1.54) is 0 Å². The summed E-state index contributed by atoms with van der Waals surface area (Å²) in [6.45, 7) is 0.542. The Labute approximate surface area is 115 Å². The molecule has 1 saturated heterocycles. The standard InChI is InChI=1S/C14H21NO3S/c1-18-10-14(12-6-3-2-4-7-12)15-13-8-5-9-19(16,17)11-13/h2-4,6-7,13-15H,5,8-11H2,1H3. The van der Waals surface area contributed by atoms with Crippen LogP contribution in [0.5, 0.6) is 0 Å². The zero-order valence-electron chi connectivity index (χ0n) is 11.2. The SMILES string of the molecule is COCC(NC1CCCS(=O)(=O)C1)c1ccccc1. The number of hydrogen-bond acceptors (Lipinski definition) is 4. The summed E-state index contributed by atoms with van der Waals surface area (Å²) in [5.41, 5.74) is 1.13. The van der Waals surface area contributed by atoms with Crippen LogP contribution in [0.25, 0.3) is 0 Å². The number of rotatable bonds is 5. The zero-order chi connectivity index (χ0) is 13.7. The van der Waals surface area contributed by atoms with Gasteiger partial charge < -0.3 is 10.1 Å². The molecule has 0 saturated carbocycles. The van der Waals surface area contributed by atoms with Crippen molar-refractivity contribution in [2.24, 2.45) is 0 Å². The van der Waals surface area contributed by atoms with E-state index in [-0.39, 0.29) is 17.8 Å². The van der Waals surface area contributed by atoms with Crippen molar-refractivity contribution in [2.75, 3.05) is 25.2 Å². The van der Waals surface area contributed by atoms with Gasteiger partial charge in [-0.1, -0.05) is 30.3 Å². The van der Waals surface area contributed by atoms with E-state index in [4.69, 9.17) is 4.74 Å². The minimum atomic E-state index is -2.88. The highest BCUT2D eigenvalue weighted by Crippen LogP contribution is 2.18. The summed E-state index contributed by atoms with van der Waals surface area (Å²) in [6.07, 6.45) is 1.65. The third-order valence-electron chi connectivity index (χ3n) is 3.44. The Hall–Kier alpha value is -0.910. The lowest BCUT2D eigenvalue weighted by molar-refractivity contribution is 0.161. The molecule has 19 heavy (non-hydrogen) atoms. The van der Waals surface area contributed by atoms with Gasteiger partial charge in [-0.25, -0.2) is 8.42 Å². The van der Waals surface area contributed by atoms with Crippen LogP contribution in [0, 0.1) is 0 Å². The molecule has 0 amide bonds. The molecule has 0 radical (unpaired) electrons. The molecule has 2 atom stereocenters. The Morgan fingerprint density at radius 1 is 1.37 bits per heavy atom. The lowest BCUT2D eigenvalue weighted by atomic mass is 10.1. The molecule has 106 valence electrons. The maximum absolute atomic E-state index is 11.7. The van der Waals surface area contributed by atoms with Crippen LogP contribution in [0.3, 0.4) is 0 Å². The normalized spacial score (nSPS) is 23.9. The van der Waals surface area contributed by atoms with Gasteiger partial charge in [-0.15, -0.1) is 0 Å². The molecule has 2 rings (SSSR count). The second kappa shape index (κ2) is 6.50. The fourth-order valence-electron chi connectivity index (χ4n) is 2.53. The van der Waals surface area contributed by atoms with E-state index in [0.29, 0.717) is 12.4 Å². The molecule has 1 fully saturated rings. The number of benzene rings is 1. The van der Waals surface area contributed by atoms with Gasteiger partial charge in [0.15, 0.2) is 9.84 Å². The first kappa shape index (κ1) is 14.5. The quantitative estimate of drug-likeness (QED) is 0.890. The van der Waals surface area contributed by atoms with Gasteiger partial charge >= 0.3 is 0 Å². The maximum atomic E-state index is 11.7. The molecular formula is C14H21NO3S. The van der Waals surface area contributed by atoms with Gasteiger partial charge in [0.25, 0.3) is 0 Å². The number of hydrogen-bond donors (Lipinski definition) is 1. The first-order chi connectivity index (χ1) is 9.11. The Morgan fingerprint density at radius 3 is 2.74 bits per heavy atom. The second-order valence-corrected chi connectivity index (χ2v) is 7.27. The van der Waals surface area contributed by atoms with Crippen LogP contribution in [-0.2, 0) is 14.6 Å². The number of methoxy groups -OCH3 is 1. The third kappa shape index (κ3) is 4.30. The number of ether oxygens (including phenoxy) is 1. The lowest BCUT2D eigenvalue weighted by Crippen LogP contribution is -2.43. The molecule has 5 heteroatoms. The predicted octanol–water partition coefficient (Wildman–Crippen LogP) is 1.54. The Bertz CT molecular complexity index is 487. The van der Waals surface area contributed by atoms with Crippen molar-refractivity contribution in [3.8, 4) is 0 Å². The van der Waals surface area contributed by atoms with Gasteiger partial charge in [0, 0.05) is 13.2 Å². The molecule has 1 aliphatic heterocycles. The van der Waals surface area contributed by atoms with Crippen molar-refractivity contribution in [1.82, 2.24) is 5.32 Å². The van der Waals surface area contributed by atoms with E-state index >= 15 is 0 Å². The summed E-state index contributed by atoms with van der Waals surface area (Å²) >= 11 is 0. The van der Waals surface area contributed by atoms with Gasteiger partial charge in [0.05, 0.1) is 24.2 Å². The average Bonchev–Trinajstić information content (AvgIpc) is 2.38. The molecule has 0 aliphatic carbocycles. The van der Waals surface area contributed by atoms with Crippen LogP contribution >= 0.6 is 0 Å². The topological polar surface area (TPSA) is 55.4 Å². The molecule has 2 unspecified atom stereocenters. The Morgan fingerprint density at radius 2 is 2.11 bits per heavy atom. The van der Waals surface area contributed by atoms with E-state index in [0.717, 1.165) is 18.4 Å². The van der Waals surface area contributed by atoms with Crippen molar-refractivity contribution in [3.63, 3.8) is 0 Å². The second-order valence-electron chi connectivity index (χ2n) is 5.04. The van der Waals surface area contributed by atoms with Gasteiger partial charge in [0.2, 0.25) is 0 Å². The van der Waals surface area contributed by atoms with Gasteiger partial charge in [-0.2, -0.15) is 0 Å². The first-order valence-corrected chi connectivity index (χ1v) is 8.43. The molecular weight excluding hydrogens is 262 g/mol. The van der Waals surface area contributed by atoms with Crippen molar-refractivity contribution >= 4 is 9.84 Å². The van der Waals surface area contributed by atoms with Crippen molar-refractivity contribution in [1.29, 1.82) is 0 Å².